The van der Waals surface area contributed by atoms with Crippen LogP contribution in [0.5, 0.6) is 23.3 Å². The second-order valence-electron chi connectivity index (χ2n) is 6.57. The Morgan fingerprint density at radius 1 is 1.07 bits per heavy atom. The van der Waals surface area contributed by atoms with Crippen LogP contribution in [-0.4, -0.2) is 60.5 Å². The van der Waals surface area contributed by atoms with Crippen molar-refractivity contribution in [2.75, 3.05) is 33.4 Å². The molecule has 2 aromatic rings. The number of nitrogens with zero attached hydrogens (tertiary/aromatic N) is 3. The van der Waals surface area contributed by atoms with Crippen LogP contribution in [0.4, 0.5) is 0 Å². The fraction of sp³-hybridized carbons (Fsp3) is 0.476. The van der Waals surface area contributed by atoms with E-state index in [1.54, 1.807) is 35.2 Å². The maximum Gasteiger partial charge on any atom is 0.254 e. The van der Waals surface area contributed by atoms with Crippen molar-refractivity contribution >= 4 is 5.91 Å². The summed E-state index contributed by atoms with van der Waals surface area (Å²) in [7, 11) is 1.53. The predicted octanol–water partition coefficient (Wildman–Crippen LogP) is 2.97. The molecule has 0 aliphatic carbocycles. The van der Waals surface area contributed by atoms with Gasteiger partial charge >= 0.3 is 0 Å². The predicted molar refractivity (Wildman–Crippen MR) is 107 cm³/mol. The first-order valence-corrected chi connectivity index (χ1v) is 9.87. The lowest BCUT2D eigenvalue weighted by atomic mass is 10.1. The lowest BCUT2D eigenvalue weighted by Crippen LogP contribution is -2.44. The highest BCUT2D eigenvalue weighted by molar-refractivity contribution is 5.95. The summed E-state index contributed by atoms with van der Waals surface area (Å²) in [6.07, 6.45) is 1.57. The van der Waals surface area contributed by atoms with Crippen LogP contribution >= 0.6 is 0 Å². The Hall–Kier alpha value is -3.03. The number of ether oxygens (including phenoxy) is 4. The van der Waals surface area contributed by atoms with Crippen LogP contribution in [0.25, 0.3) is 0 Å². The quantitative estimate of drug-likeness (QED) is 0.672. The number of hydrogen-bond acceptors (Lipinski definition) is 7. The van der Waals surface area contributed by atoms with Crippen molar-refractivity contribution < 1.29 is 23.7 Å². The topological polar surface area (TPSA) is 83.0 Å². The molecular weight excluding hydrogens is 374 g/mol. The molecule has 1 aromatic heterocycles. The number of aromatic nitrogens is 2. The molecule has 0 radical (unpaired) electrons. The van der Waals surface area contributed by atoms with Gasteiger partial charge in [0.2, 0.25) is 11.8 Å². The number of methoxy groups -OCH3 is 1. The molecule has 1 aliphatic heterocycles. The van der Waals surface area contributed by atoms with Gasteiger partial charge in [0.05, 0.1) is 26.9 Å². The minimum Gasteiger partial charge on any atom is -0.490 e. The normalized spacial score (nSPS) is 16.2. The number of hydrogen-bond donors (Lipinski definition) is 0. The number of carbonyl (C=O) groups excluding carboxylic acids is 1. The summed E-state index contributed by atoms with van der Waals surface area (Å²) in [5, 5.41) is 7.91. The Morgan fingerprint density at radius 2 is 1.79 bits per heavy atom. The van der Waals surface area contributed by atoms with E-state index in [4.69, 9.17) is 18.9 Å². The summed E-state index contributed by atoms with van der Waals surface area (Å²) in [5.41, 5.74) is 0.571. The van der Waals surface area contributed by atoms with E-state index in [-0.39, 0.29) is 12.0 Å². The highest BCUT2D eigenvalue weighted by Gasteiger charge is 2.26. The number of likely N-dealkylation sites (tertiary alicyclic amines) is 1. The Bertz CT molecular complexity index is 812. The number of piperidine rings is 1. The third kappa shape index (κ3) is 5.28. The van der Waals surface area contributed by atoms with E-state index in [9.17, 15) is 4.79 Å². The molecule has 1 saturated heterocycles. The Kier molecular flexibility index (Phi) is 7.10. The largest absolute Gasteiger partial charge is 0.490 e. The van der Waals surface area contributed by atoms with Crippen LogP contribution in [-0.2, 0) is 0 Å². The summed E-state index contributed by atoms with van der Waals surface area (Å²) in [4.78, 5) is 14.8. The highest BCUT2D eigenvalue weighted by Crippen LogP contribution is 2.29. The fourth-order valence-corrected chi connectivity index (χ4v) is 3.24. The Balaban J connectivity index is 1.67. The molecule has 1 fully saturated rings. The van der Waals surface area contributed by atoms with Crippen LogP contribution < -0.4 is 18.9 Å². The molecule has 1 aliphatic rings. The lowest BCUT2D eigenvalue weighted by molar-refractivity contribution is 0.0524. The van der Waals surface area contributed by atoms with Crippen molar-refractivity contribution in [2.24, 2.45) is 0 Å². The monoisotopic (exact) mass is 401 g/mol. The van der Waals surface area contributed by atoms with Gasteiger partial charge in [-0.2, -0.15) is 0 Å². The maximum atomic E-state index is 13.0. The molecule has 1 atom stereocenters. The molecule has 0 saturated carbocycles. The van der Waals surface area contributed by atoms with E-state index in [1.807, 2.05) is 13.8 Å². The van der Waals surface area contributed by atoms with Gasteiger partial charge in [-0.3, -0.25) is 4.79 Å². The molecule has 1 unspecified atom stereocenters. The van der Waals surface area contributed by atoms with E-state index >= 15 is 0 Å². The van der Waals surface area contributed by atoms with E-state index < -0.39 is 0 Å². The van der Waals surface area contributed by atoms with Crippen molar-refractivity contribution in [1.82, 2.24) is 15.1 Å². The third-order valence-electron chi connectivity index (χ3n) is 4.57. The molecule has 3 rings (SSSR count). The molecule has 1 amide bonds. The van der Waals surface area contributed by atoms with Gasteiger partial charge in [0.1, 0.15) is 6.10 Å². The van der Waals surface area contributed by atoms with E-state index in [0.29, 0.717) is 55.1 Å². The molecule has 8 nitrogen and oxygen atoms in total. The Labute approximate surface area is 170 Å². The standard InChI is InChI=1S/C21H27N3O5/c1-4-27-17-9-8-15(13-18(17)28-5-2)21(25)24-12-6-7-16(14-24)29-20-11-10-19(26-3)22-23-20/h8-11,13,16H,4-7,12,14H2,1-3H3. The van der Waals surface area contributed by atoms with Crippen molar-refractivity contribution in [1.29, 1.82) is 0 Å². The molecule has 8 heteroatoms. The second-order valence-corrected chi connectivity index (χ2v) is 6.57. The second kappa shape index (κ2) is 9.95. The number of carbonyl (C=O) groups is 1. The summed E-state index contributed by atoms with van der Waals surface area (Å²) in [5.74, 6) is 2.02. The van der Waals surface area contributed by atoms with Crippen LogP contribution in [0.1, 0.15) is 37.0 Å². The number of amides is 1. The third-order valence-corrected chi connectivity index (χ3v) is 4.57. The van der Waals surface area contributed by atoms with Crippen molar-refractivity contribution in [2.45, 2.75) is 32.8 Å². The van der Waals surface area contributed by atoms with Gasteiger partial charge in [-0.25, -0.2) is 0 Å². The van der Waals surface area contributed by atoms with Crippen LogP contribution in [0, 0.1) is 0 Å². The van der Waals surface area contributed by atoms with Crippen LogP contribution in [0.15, 0.2) is 30.3 Å². The van der Waals surface area contributed by atoms with Gasteiger partial charge < -0.3 is 23.8 Å². The molecule has 0 bridgehead atoms. The van der Waals surface area contributed by atoms with Crippen LogP contribution in [0.3, 0.4) is 0 Å². The van der Waals surface area contributed by atoms with Gasteiger partial charge in [-0.05, 0) is 44.9 Å². The van der Waals surface area contributed by atoms with E-state index in [0.717, 1.165) is 12.8 Å². The summed E-state index contributed by atoms with van der Waals surface area (Å²) in [6.45, 7) is 6.02. The molecular formula is C21H27N3O5. The molecule has 0 N–H and O–H groups in total. The Morgan fingerprint density at radius 3 is 2.48 bits per heavy atom. The zero-order valence-electron chi connectivity index (χ0n) is 17.1. The fourth-order valence-electron chi connectivity index (χ4n) is 3.24. The first kappa shape index (κ1) is 20.7. The summed E-state index contributed by atoms with van der Waals surface area (Å²) >= 11 is 0. The van der Waals surface area contributed by atoms with Gasteiger partial charge in [0.15, 0.2) is 11.5 Å². The van der Waals surface area contributed by atoms with Crippen molar-refractivity contribution in [3.8, 4) is 23.3 Å². The highest BCUT2D eigenvalue weighted by atomic mass is 16.5. The first-order chi connectivity index (χ1) is 14.1. The molecule has 2 heterocycles. The zero-order chi connectivity index (χ0) is 20.6. The zero-order valence-corrected chi connectivity index (χ0v) is 17.1. The van der Waals surface area contributed by atoms with Crippen molar-refractivity contribution in [3.05, 3.63) is 35.9 Å². The average Bonchev–Trinajstić information content (AvgIpc) is 2.75. The minimum absolute atomic E-state index is 0.0527. The number of benzene rings is 1. The molecule has 29 heavy (non-hydrogen) atoms. The maximum absolute atomic E-state index is 13.0. The lowest BCUT2D eigenvalue weighted by Gasteiger charge is -2.32. The van der Waals surface area contributed by atoms with Gasteiger partial charge in [0.25, 0.3) is 5.91 Å². The molecule has 156 valence electrons. The SMILES string of the molecule is CCOc1ccc(C(=O)N2CCCC(Oc3ccc(OC)nn3)C2)cc1OCC. The first-order valence-electron chi connectivity index (χ1n) is 9.87. The minimum atomic E-state index is -0.135. The van der Waals surface area contributed by atoms with Crippen LogP contribution in [0.2, 0.25) is 0 Å². The number of rotatable bonds is 8. The van der Waals surface area contributed by atoms with Crippen molar-refractivity contribution in [3.63, 3.8) is 0 Å². The molecule has 0 spiro atoms. The van der Waals surface area contributed by atoms with E-state index in [2.05, 4.69) is 10.2 Å². The van der Waals surface area contributed by atoms with E-state index in [1.165, 1.54) is 7.11 Å². The van der Waals surface area contributed by atoms with Gasteiger partial charge in [-0.1, -0.05) is 0 Å². The summed E-state index contributed by atoms with van der Waals surface area (Å²) in [6, 6.07) is 8.72. The summed E-state index contributed by atoms with van der Waals surface area (Å²) < 4.78 is 22.1. The smallest absolute Gasteiger partial charge is 0.254 e. The van der Waals surface area contributed by atoms with Gasteiger partial charge in [-0.15, -0.1) is 10.2 Å². The average molecular weight is 401 g/mol. The molecule has 1 aromatic carbocycles. The van der Waals surface area contributed by atoms with Gasteiger partial charge in [0, 0.05) is 24.2 Å².